The van der Waals surface area contributed by atoms with Crippen molar-refractivity contribution in [2.24, 2.45) is 0 Å². The van der Waals surface area contributed by atoms with Crippen molar-refractivity contribution in [1.82, 2.24) is 0 Å². The maximum Gasteiger partial charge on any atom is 0.306 e. The quantitative estimate of drug-likeness (QED) is 0.0263. The van der Waals surface area contributed by atoms with Crippen LogP contribution in [-0.2, 0) is 28.6 Å². The highest BCUT2D eigenvalue weighted by molar-refractivity contribution is 5.71. The average Bonchev–Trinajstić information content (AvgIpc) is 3.24. The molecule has 0 aliphatic carbocycles. The third-order valence-electron chi connectivity index (χ3n) is 11.4. The molecule has 6 heteroatoms. The smallest absolute Gasteiger partial charge is 0.306 e. The summed E-state index contributed by atoms with van der Waals surface area (Å²) in [4.78, 5) is 37.9. The summed E-state index contributed by atoms with van der Waals surface area (Å²) in [5.41, 5.74) is 0. The van der Waals surface area contributed by atoms with Crippen LogP contribution in [0.5, 0.6) is 0 Å². The van der Waals surface area contributed by atoms with E-state index in [9.17, 15) is 14.4 Å². The van der Waals surface area contributed by atoms with Crippen LogP contribution in [-0.4, -0.2) is 37.2 Å². The fourth-order valence-corrected chi connectivity index (χ4v) is 7.39. The predicted octanol–water partition coefficient (Wildman–Crippen LogP) is 16.9. The number of carbonyl (C=O) groups excluding carboxylic acids is 3. The van der Waals surface area contributed by atoms with E-state index in [4.69, 9.17) is 14.2 Å². The molecule has 0 N–H and O–H groups in total. The predicted molar refractivity (Wildman–Crippen MR) is 256 cm³/mol. The van der Waals surface area contributed by atoms with Gasteiger partial charge in [0, 0.05) is 19.3 Å². The molecular formula is C54H98O6. The van der Waals surface area contributed by atoms with Crippen molar-refractivity contribution in [2.75, 3.05) is 13.2 Å². The van der Waals surface area contributed by atoms with Gasteiger partial charge in [-0.05, 0) is 70.6 Å². The van der Waals surface area contributed by atoms with E-state index in [0.717, 1.165) is 77.0 Å². The van der Waals surface area contributed by atoms with Gasteiger partial charge in [0.1, 0.15) is 13.2 Å². The second kappa shape index (κ2) is 49.3. The van der Waals surface area contributed by atoms with Gasteiger partial charge < -0.3 is 14.2 Å². The number of allylic oxidation sites excluding steroid dienone is 6. The lowest BCUT2D eigenvalue weighted by Crippen LogP contribution is -2.30. The van der Waals surface area contributed by atoms with Crippen LogP contribution in [0.3, 0.4) is 0 Å². The van der Waals surface area contributed by atoms with E-state index < -0.39 is 6.10 Å². The van der Waals surface area contributed by atoms with Crippen molar-refractivity contribution in [2.45, 2.75) is 277 Å². The minimum absolute atomic E-state index is 0.0762. The zero-order chi connectivity index (χ0) is 43.7. The van der Waals surface area contributed by atoms with Gasteiger partial charge in [-0.15, -0.1) is 0 Å². The molecule has 0 saturated carbocycles. The molecule has 0 aromatic rings. The zero-order valence-corrected chi connectivity index (χ0v) is 40.0. The van der Waals surface area contributed by atoms with E-state index in [1.165, 1.54) is 154 Å². The van der Waals surface area contributed by atoms with Gasteiger partial charge >= 0.3 is 17.9 Å². The molecule has 0 aliphatic rings. The van der Waals surface area contributed by atoms with Crippen molar-refractivity contribution in [3.8, 4) is 0 Å². The Balaban J connectivity index is 4.34. The van der Waals surface area contributed by atoms with E-state index in [2.05, 4.69) is 57.2 Å². The van der Waals surface area contributed by atoms with E-state index in [-0.39, 0.29) is 31.1 Å². The number of esters is 3. The van der Waals surface area contributed by atoms with E-state index >= 15 is 0 Å². The largest absolute Gasteiger partial charge is 0.462 e. The van der Waals surface area contributed by atoms with Crippen molar-refractivity contribution >= 4 is 17.9 Å². The van der Waals surface area contributed by atoms with Crippen LogP contribution < -0.4 is 0 Å². The fraction of sp³-hybridized carbons (Fsp3) is 0.833. The first-order valence-corrected chi connectivity index (χ1v) is 26.0. The molecule has 6 nitrogen and oxygen atoms in total. The lowest BCUT2D eigenvalue weighted by Gasteiger charge is -2.18. The van der Waals surface area contributed by atoms with Crippen LogP contribution in [0.25, 0.3) is 0 Å². The molecule has 0 bridgehead atoms. The van der Waals surface area contributed by atoms with E-state index in [1.807, 2.05) is 0 Å². The van der Waals surface area contributed by atoms with Crippen LogP contribution >= 0.6 is 0 Å². The first-order chi connectivity index (χ1) is 29.5. The van der Waals surface area contributed by atoms with Crippen molar-refractivity contribution in [3.63, 3.8) is 0 Å². The van der Waals surface area contributed by atoms with Crippen molar-refractivity contribution in [1.29, 1.82) is 0 Å². The molecule has 0 unspecified atom stereocenters. The summed E-state index contributed by atoms with van der Waals surface area (Å²) in [7, 11) is 0. The Bertz CT molecular complexity index is 1020. The summed E-state index contributed by atoms with van der Waals surface area (Å²) in [5.74, 6) is -0.883. The highest BCUT2D eigenvalue weighted by atomic mass is 16.6. The summed E-state index contributed by atoms with van der Waals surface area (Å²) in [6.45, 7) is 6.58. The number of rotatable bonds is 47. The number of unbranched alkanes of at least 4 members (excludes halogenated alkanes) is 30. The van der Waals surface area contributed by atoms with Crippen LogP contribution in [0.2, 0.25) is 0 Å². The Kier molecular flexibility index (Phi) is 47.3. The molecule has 0 radical (unpaired) electrons. The zero-order valence-electron chi connectivity index (χ0n) is 40.0. The molecule has 0 amide bonds. The number of hydrogen-bond donors (Lipinski definition) is 0. The van der Waals surface area contributed by atoms with Gasteiger partial charge in [0.05, 0.1) is 0 Å². The molecule has 0 aromatic carbocycles. The van der Waals surface area contributed by atoms with E-state index in [1.54, 1.807) is 0 Å². The van der Waals surface area contributed by atoms with Gasteiger partial charge in [0.25, 0.3) is 0 Å². The lowest BCUT2D eigenvalue weighted by atomic mass is 10.0. The first kappa shape index (κ1) is 57.6. The summed E-state index contributed by atoms with van der Waals surface area (Å²) >= 11 is 0. The Morgan fingerprint density at radius 1 is 0.333 bits per heavy atom. The summed E-state index contributed by atoms with van der Waals surface area (Å²) < 4.78 is 16.8. The Morgan fingerprint density at radius 3 is 1.02 bits per heavy atom. The van der Waals surface area contributed by atoms with Gasteiger partial charge in [0.15, 0.2) is 6.10 Å². The highest BCUT2D eigenvalue weighted by Crippen LogP contribution is 2.15. The molecular weight excluding hydrogens is 745 g/mol. The third kappa shape index (κ3) is 46.7. The molecule has 1 atom stereocenters. The van der Waals surface area contributed by atoms with Gasteiger partial charge in [-0.2, -0.15) is 0 Å². The Hall–Kier alpha value is -2.37. The van der Waals surface area contributed by atoms with Crippen LogP contribution in [0.4, 0.5) is 0 Å². The van der Waals surface area contributed by atoms with Gasteiger partial charge in [-0.3, -0.25) is 14.4 Å². The molecule has 0 spiro atoms. The third-order valence-corrected chi connectivity index (χ3v) is 11.4. The number of carbonyl (C=O) groups is 3. The molecule has 0 saturated heterocycles. The minimum atomic E-state index is -0.774. The second-order valence-electron chi connectivity index (χ2n) is 17.4. The van der Waals surface area contributed by atoms with Gasteiger partial charge in [0.2, 0.25) is 0 Å². The topological polar surface area (TPSA) is 78.9 Å². The van der Waals surface area contributed by atoms with Crippen molar-refractivity contribution in [3.05, 3.63) is 36.5 Å². The number of ether oxygens (including phenoxy) is 3. The minimum Gasteiger partial charge on any atom is -0.462 e. The maximum absolute atomic E-state index is 12.8. The summed E-state index contributed by atoms with van der Waals surface area (Å²) in [6.07, 6.45) is 56.9. The molecule has 0 rings (SSSR count). The monoisotopic (exact) mass is 843 g/mol. The highest BCUT2D eigenvalue weighted by Gasteiger charge is 2.19. The molecule has 0 heterocycles. The first-order valence-electron chi connectivity index (χ1n) is 26.0. The molecule has 0 aromatic heterocycles. The second-order valence-corrected chi connectivity index (χ2v) is 17.4. The average molecular weight is 843 g/mol. The molecule has 0 fully saturated rings. The number of hydrogen-bond acceptors (Lipinski definition) is 6. The summed E-state index contributed by atoms with van der Waals surface area (Å²) in [6, 6.07) is 0. The van der Waals surface area contributed by atoms with Crippen LogP contribution in [0.1, 0.15) is 271 Å². The van der Waals surface area contributed by atoms with Gasteiger partial charge in [-0.25, -0.2) is 0 Å². The maximum atomic E-state index is 12.8. The van der Waals surface area contributed by atoms with Crippen LogP contribution in [0.15, 0.2) is 36.5 Å². The fourth-order valence-electron chi connectivity index (χ4n) is 7.39. The Morgan fingerprint density at radius 2 is 0.617 bits per heavy atom. The van der Waals surface area contributed by atoms with Gasteiger partial charge in [-0.1, -0.05) is 218 Å². The normalized spacial score (nSPS) is 12.2. The van der Waals surface area contributed by atoms with Crippen LogP contribution in [0, 0.1) is 0 Å². The Labute approximate surface area is 372 Å². The summed E-state index contributed by atoms with van der Waals surface area (Å²) in [5, 5.41) is 0. The molecule has 0 aliphatic heterocycles. The lowest BCUT2D eigenvalue weighted by molar-refractivity contribution is -0.167. The SMILES string of the molecule is CCCC/C=C\CCCCCCCC(=O)OC[C@H](COC(=O)CCCCCCCCC/C=C\C/C=C\CCCCC)OC(=O)CCCCCCCCCCCCCCCC. The molecule has 350 valence electrons. The standard InChI is InChI=1S/C54H98O6/c1-4-7-10-13-16-19-22-24-26-27-28-30-32-35-38-41-44-47-53(56)59-50-51(49-58-52(55)46-43-40-37-34-31-21-18-15-12-9-6-3)60-54(57)48-45-42-39-36-33-29-25-23-20-17-14-11-8-5-2/h15-16,18-19,24,26,51H,4-14,17,20-23,25,27-50H2,1-3H3/b18-15-,19-16-,26-24-/t51-/m1/s1. The van der Waals surface area contributed by atoms with E-state index in [0.29, 0.717) is 19.3 Å². The molecule has 60 heavy (non-hydrogen) atoms. The van der Waals surface area contributed by atoms with Crippen molar-refractivity contribution < 1.29 is 28.6 Å².